The summed E-state index contributed by atoms with van der Waals surface area (Å²) in [5.41, 5.74) is 0.474. The second kappa shape index (κ2) is 24.1. The Morgan fingerprint density at radius 1 is 0.864 bits per heavy atom. The van der Waals surface area contributed by atoms with Gasteiger partial charge in [0.05, 0.1) is 17.0 Å². The van der Waals surface area contributed by atoms with Gasteiger partial charge in [-0.3, -0.25) is 19.2 Å². The largest absolute Gasteiger partial charge is 0.477 e. The van der Waals surface area contributed by atoms with Crippen LogP contribution < -0.4 is 32.0 Å². The normalized spacial score (nSPS) is 11.8. The Labute approximate surface area is 384 Å². The molecule has 4 aromatic rings. The van der Waals surface area contributed by atoms with Gasteiger partial charge in [0.15, 0.2) is 5.71 Å². The van der Waals surface area contributed by atoms with E-state index in [4.69, 9.17) is 9.47 Å². The van der Waals surface area contributed by atoms with Crippen molar-refractivity contribution in [1.29, 1.82) is 0 Å². The highest BCUT2D eigenvalue weighted by atomic mass is 32.2. The Kier molecular flexibility index (Phi) is 19.0. The summed E-state index contributed by atoms with van der Waals surface area (Å²) in [7, 11) is -2.66. The molecule has 0 spiro atoms. The van der Waals surface area contributed by atoms with Gasteiger partial charge >= 0.3 is 12.1 Å². The Morgan fingerprint density at radius 3 is 2.08 bits per heavy atom. The molecule has 0 radical (unpaired) electrons. The minimum absolute atomic E-state index is 0.0214. The number of aliphatic carboxylic acids is 1. The van der Waals surface area contributed by atoms with Crippen molar-refractivity contribution in [3.63, 3.8) is 0 Å². The predicted molar refractivity (Wildman–Crippen MR) is 248 cm³/mol. The van der Waals surface area contributed by atoms with Crippen molar-refractivity contribution < 1.29 is 47.0 Å². The number of amides is 4. The molecule has 0 saturated carbocycles. The Hall–Kier alpha value is -6.61. The van der Waals surface area contributed by atoms with Crippen LogP contribution in [0.3, 0.4) is 0 Å². The van der Waals surface area contributed by atoms with E-state index in [-0.39, 0.29) is 53.6 Å². The van der Waals surface area contributed by atoms with Crippen LogP contribution >= 0.6 is 0 Å². The lowest BCUT2D eigenvalue weighted by Gasteiger charge is -2.19. The maximum Gasteiger partial charge on any atom is 0.407 e. The minimum atomic E-state index is -4.49. The molecule has 0 saturated heterocycles. The number of nitrogens with one attached hydrogen (secondary N) is 5. The molecule has 4 rings (SSSR count). The second-order valence-electron chi connectivity index (χ2n) is 16.7. The van der Waals surface area contributed by atoms with Crippen molar-refractivity contribution in [3.05, 3.63) is 87.0 Å². The standard InChI is InChI=1S/C45H61N9O11S/c1-29-23-30(2)40(31(3)24-29)66(62,63)52-35(42(59)60)27-50-41(58)34-28-54(36-25-32(11-12-33(36)39(34)57)26-51-43-48-18-20-53(43)7)19-8-15-46-37(55)13-14-38(56)47-16-9-21-64-22-10-17-49-44(61)65-45(4,5)6/h11-12,18,20,23-25,28H,8-10,13-17,19,21-22,26-27H2,1-7H3,(H,46,55)(H,47,56)(H,48,51)(H,49,61)(H,50,58)(H,59,60). The fourth-order valence-corrected chi connectivity index (χ4v) is 8.30. The number of rotatable bonds is 24. The number of ether oxygens (including phenoxy) is 2. The van der Waals surface area contributed by atoms with Crippen molar-refractivity contribution in [1.82, 2.24) is 35.4 Å². The van der Waals surface area contributed by atoms with Gasteiger partial charge in [0.2, 0.25) is 23.2 Å². The Balaban J connectivity index is 1.35. The Bertz CT molecular complexity index is 2570. The number of hydrogen-bond acceptors (Lipinski definition) is 12. The van der Waals surface area contributed by atoms with Crippen molar-refractivity contribution in [2.45, 2.75) is 97.2 Å². The van der Waals surface area contributed by atoms with Gasteiger partial charge in [-0.15, -0.1) is 0 Å². The summed E-state index contributed by atoms with van der Waals surface area (Å²) in [5.74, 6) is -2.63. The van der Waals surface area contributed by atoms with Gasteiger partial charge in [-0.25, -0.2) is 14.6 Å². The zero-order valence-electron chi connectivity index (χ0n) is 38.5. The van der Waals surface area contributed by atoms with E-state index in [2.05, 4.69) is 36.0 Å². The van der Waals surface area contributed by atoms with Crippen LogP contribution in [0.4, 0.5) is 10.7 Å². The molecule has 0 bridgehead atoms. The summed E-state index contributed by atoms with van der Waals surface area (Å²) >= 11 is 0. The molecule has 0 aliphatic carbocycles. The Morgan fingerprint density at radius 2 is 1.48 bits per heavy atom. The van der Waals surface area contributed by atoms with Gasteiger partial charge < -0.3 is 50.3 Å². The van der Waals surface area contributed by atoms with Crippen molar-refractivity contribution in [2.24, 2.45) is 11.4 Å². The van der Waals surface area contributed by atoms with Gasteiger partial charge in [0.1, 0.15) is 11.2 Å². The van der Waals surface area contributed by atoms with Crippen LogP contribution in [0.2, 0.25) is 0 Å². The number of hydrogen-bond donors (Lipinski definition) is 6. The average molecular weight is 936 g/mol. The topological polar surface area (TPSA) is 271 Å². The number of nitrogens with zero attached hydrogens (tertiary/aromatic N) is 4. The molecule has 2 aromatic carbocycles. The molecule has 6 N–H and O–H groups in total. The summed E-state index contributed by atoms with van der Waals surface area (Å²) < 4.78 is 44.4. The fraction of sp³-hybridized carbons (Fsp3) is 0.467. The predicted octanol–water partition coefficient (Wildman–Crippen LogP) is 3.64. The fourth-order valence-electron chi connectivity index (χ4n) is 6.84. The maximum atomic E-state index is 13.8. The van der Waals surface area contributed by atoms with Crippen LogP contribution in [0, 0.1) is 20.8 Å². The molecule has 66 heavy (non-hydrogen) atoms. The number of pyridine rings is 1. The number of fused-ring (bicyclic) bond motifs is 1. The lowest BCUT2D eigenvalue weighted by molar-refractivity contribution is -0.129. The number of aryl methyl sites for hydroxylation is 5. The van der Waals surface area contributed by atoms with Gasteiger partial charge in [0, 0.05) is 89.8 Å². The van der Waals surface area contributed by atoms with Crippen LogP contribution in [0.1, 0.15) is 85.5 Å². The molecular weight excluding hydrogens is 875 g/mol. The van der Waals surface area contributed by atoms with Crippen LogP contribution in [0.15, 0.2) is 63.0 Å². The first-order chi connectivity index (χ1) is 31.1. The molecule has 20 nitrogen and oxygen atoms in total. The first-order valence-electron chi connectivity index (χ1n) is 21.5. The summed E-state index contributed by atoms with van der Waals surface area (Å²) in [6.07, 6.45) is 5.75. The third-order valence-corrected chi connectivity index (χ3v) is 11.4. The summed E-state index contributed by atoms with van der Waals surface area (Å²) in [5, 5.41) is 23.9. The highest BCUT2D eigenvalue weighted by molar-refractivity contribution is 7.90. The van der Waals surface area contributed by atoms with E-state index in [1.807, 2.05) is 7.05 Å². The van der Waals surface area contributed by atoms with E-state index in [1.165, 1.54) is 6.20 Å². The molecule has 0 aliphatic heterocycles. The molecule has 4 amide bonds. The number of imidazole rings is 1. The first kappa shape index (κ1) is 52.0. The molecule has 0 unspecified atom stereocenters. The van der Waals surface area contributed by atoms with E-state index in [0.29, 0.717) is 74.7 Å². The van der Waals surface area contributed by atoms with E-state index in [1.54, 1.807) is 93.4 Å². The van der Waals surface area contributed by atoms with E-state index >= 15 is 0 Å². The molecule has 0 atom stereocenters. The second-order valence-corrected chi connectivity index (χ2v) is 18.2. The molecule has 2 heterocycles. The molecular formula is C45H61N9O11S. The van der Waals surface area contributed by atoms with Crippen LogP contribution in [-0.2, 0) is 54.0 Å². The number of carboxylic acid groups (broad SMARTS) is 1. The van der Waals surface area contributed by atoms with E-state index < -0.39 is 51.3 Å². The molecule has 21 heteroatoms. The summed E-state index contributed by atoms with van der Waals surface area (Å²) in [4.78, 5) is 80.4. The molecule has 2 aromatic heterocycles. The SMILES string of the molecule is Cc1cc(C)c(S(=O)(=O)N=C(CNC(=O)c2cn(CCCNC(=O)CCC(=O)NCCCOCCCNC(=O)OC(C)(C)C)c3cc(CNc4nccn4C)ccc3c2=O)C(=O)O)c(C)c1. The number of benzene rings is 2. The zero-order valence-corrected chi connectivity index (χ0v) is 39.4. The van der Waals surface area contributed by atoms with E-state index in [9.17, 15) is 42.3 Å². The number of carboxylic acids is 1. The zero-order chi connectivity index (χ0) is 48.6. The van der Waals surface area contributed by atoms with E-state index in [0.717, 1.165) is 11.1 Å². The third kappa shape index (κ3) is 16.1. The number of carbonyl (C=O) groups excluding carboxylic acids is 4. The molecule has 358 valence electrons. The monoisotopic (exact) mass is 935 g/mol. The summed E-state index contributed by atoms with van der Waals surface area (Å²) in [6, 6.07) is 8.37. The third-order valence-electron chi connectivity index (χ3n) is 9.82. The number of carbonyl (C=O) groups is 5. The molecule has 0 fully saturated rings. The minimum Gasteiger partial charge on any atom is -0.477 e. The lowest BCUT2D eigenvalue weighted by Crippen LogP contribution is -2.36. The number of anilines is 1. The average Bonchev–Trinajstić information content (AvgIpc) is 3.64. The van der Waals surface area contributed by atoms with Crippen LogP contribution in [0.5, 0.6) is 0 Å². The van der Waals surface area contributed by atoms with Crippen LogP contribution in [0.25, 0.3) is 10.9 Å². The quantitative estimate of drug-likeness (QED) is 0.0433. The van der Waals surface area contributed by atoms with Crippen molar-refractivity contribution in [3.8, 4) is 0 Å². The van der Waals surface area contributed by atoms with Gasteiger partial charge in [-0.1, -0.05) is 23.8 Å². The molecule has 0 aliphatic rings. The highest BCUT2D eigenvalue weighted by Crippen LogP contribution is 2.24. The smallest absolute Gasteiger partial charge is 0.407 e. The summed E-state index contributed by atoms with van der Waals surface area (Å²) in [6.45, 7) is 11.9. The number of aromatic nitrogens is 3. The lowest BCUT2D eigenvalue weighted by atomic mass is 10.1. The van der Waals surface area contributed by atoms with Gasteiger partial charge in [-0.2, -0.15) is 12.8 Å². The van der Waals surface area contributed by atoms with Crippen molar-refractivity contribution >= 4 is 62.4 Å². The van der Waals surface area contributed by atoms with Gasteiger partial charge in [0.25, 0.3) is 15.9 Å². The van der Waals surface area contributed by atoms with Crippen LogP contribution in [-0.4, -0.2) is 108 Å². The first-order valence-corrected chi connectivity index (χ1v) is 23.0. The maximum absolute atomic E-state index is 13.8. The number of alkyl carbamates (subject to hydrolysis) is 1. The van der Waals surface area contributed by atoms with Crippen molar-refractivity contribution in [2.75, 3.05) is 44.7 Å². The highest BCUT2D eigenvalue weighted by Gasteiger charge is 2.24. The number of sulfonamides is 1. The van der Waals surface area contributed by atoms with Gasteiger partial charge in [-0.05, 0) is 89.6 Å².